The Hall–Kier alpha value is -2.67. The number of carbonyl (C=O) groups excluding carboxylic acids is 1. The molecule has 7 nitrogen and oxygen atoms in total. The van der Waals surface area contributed by atoms with Crippen LogP contribution in [0.5, 0.6) is 5.75 Å². The van der Waals surface area contributed by atoms with Crippen molar-refractivity contribution in [3.8, 4) is 5.75 Å². The molecule has 0 unspecified atom stereocenters. The van der Waals surface area contributed by atoms with Crippen LogP contribution in [0.3, 0.4) is 0 Å². The number of amides is 1. The SMILES string of the molecule is CN(C)C[C@@H]1CN(c2ccncn2)C[C@H]1NC(=O)COc1ccccc1. The molecule has 3 rings (SSSR count). The summed E-state index contributed by atoms with van der Waals surface area (Å²) in [5, 5.41) is 3.13. The third-order valence-electron chi connectivity index (χ3n) is 4.39. The Bertz CT molecular complexity index is 696. The van der Waals surface area contributed by atoms with E-state index in [1.165, 1.54) is 0 Å². The number of ether oxygens (including phenoxy) is 1. The van der Waals surface area contributed by atoms with Crippen LogP contribution < -0.4 is 15.0 Å². The predicted octanol–water partition coefficient (Wildman–Crippen LogP) is 1.04. The molecule has 1 saturated heterocycles. The lowest BCUT2D eigenvalue weighted by atomic mass is 10.0. The predicted molar refractivity (Wildman–Crippen MR) is 100 cm³/mol. The van der Waals surface area contributed by atoms with Gasteiger partial charge in [-0.3, -0.25) is 4.79 Å². The highest BCUT2D eigenvalue weighted by atomic mass is 16.5. The zero-order valence-corrected chi connectivity index (χ0v) is 15.2. The van der Waals surface area contributed by atoms with E-state index >= 15 is 0 Å². The monoisotopic (exact) mass is 355 g/mol. The number of nitrogens with zero attached hydrogens (tertiary/aromatic N) is 4. The molecule has 1 aromatic carbocycles. The van der Waals surface area contributed by atoms with Crippen LogP contribution in [0, 0.1) is 5.92 Å². The van der Waals surface area contributed by atoms with Crippen LogP contribution in [0.1, 0.15) is 0 Å². The van der Waals surface area contributed by atoms with Crippen molar-refractivity contribution < 1.29 is 9.53 Å². The number of nitrogens with one attached hydrogen (secondary N) is 1. The summed E-state index contributed by atoms with van der Waals surface area (Å²) >= 11 is 0. The van der Waals surface area contributed by atoms with Crippen molar-refractivity contribution in [2.75, 3.05) is 45.2 Å². The Morgan fingerprint density at radius 1 is 1.27 bits per heavy atom. The first-order chi connectivity index (χ1) is 12.6. The second kappa shape index (κ2) is 8.62. The Balaban J connectivity index is 1.59. The van der Waals surface area contributed by atoms with Crippen LogP contribution >= 0.6 is 0 Å². The van der Waals surface area contributed by atoms with Gasteiger partial charge in [0, 0.05) is 31.7 Å². The van der Waals surface area contributed by atoms with Crippen LogP contribution in [0.4, 0.5) is 5.82 Å². The minimum atomic E-state index is -0.104. The molecule has 0 aliphatic carbocycles. The second-order valence-electron chi connectivity index (χ2n) is 6.77. The maximum absolute atomic E-state index is 12.4. The van der Waals surface area contributed by atoms with E-state index in [2.05, 4.69) is 25.1 Å². The van der Waals surface area contributed by atoms with Crippen molar-refractivity contribution in [3.05, 3.63) is 48.9 Å². The van der Waals surface area contributed by atoms with Crippen molar-refractivity contribution in [1.82, 2.24) is 20.2 Å². The van der Waals surface area contributed by atoms with E-state index in [9.17, 15) is 4.79 Å². The van der Waals surface area contributed by atoms with E-state index in [1.54, 1.807) is 12.5 Å². The maximum Gasteiger partial charge on any atom is 0.258 e. The van der Waals surface area contributed by atoms with Crippen LogP contribution in [0.25, 0.3) is 0 Å². The van der Waals surface area contributed by atoms with Gasteiger partial charge in [-0.25, -0.2) is 9.97 Å². The van der Waals surface area contributed by atoms with Crippen LogP contribution in [-0.2, 0) is 4.79 Å². The molecule has 1 fully saturated rings. The first-order valence-corrected chi connectivity index (χ1v) is 8.74. The number of benzene rings is 1. The number of hydrogen-bond donors (Lipinski definition) is 1. The fraction of sp³-hybridized carbons (Fsp3) is 0.421. The van der Waals surface area contributed by atoms with Crippen LogP contribution in [0.15, 0.2) is 48.9 Å². The van der Waals surface area contributed by atoms with Crippen molar-refractivity contribution >= 4 is 11.7 Å². The van der Waals surface area contributed by atoms with E-state index in [0.717, 1.165) is 25.5 Å². The molecule has 2 heterocycles. The lowest BCUT2D eigenvalue weighted by Gasteiger charge is -2.22. The Morgan fingerprint density at radius 3 is 2.77 bits per heavy atom. The number of rotatable bonds is 7. The second-order valence-corrected chi connectivity index (χ2v) is 6.77. The van der Waals surface area contributed by atoms with Crippen molar-refractivity contribution in [3.63, 3.8) is 0 Å². The molecule has 0 bridgehead atoms. The summed E-state index contributed by atoms with van der Waals surface area (Å²) in [5.41, 5.74) is 0. The quantitative estimate of drug-likeness (QED) is 0.800. The van der Waals surface area contributed by atoms with Crippen molar-refractivity contribution in [1.29, 1.82) is 0 Å². The van der Waals surface area contributed by atoms with E-state index in [4.69, 9.17) is 4.74 Å². The van der Waals surface area contributed by atoms with E-state index < -0.39 is 0 Å². The Labute approximate surface area is 154 Å². The van der Waals surface area contributed by atoms with Gasteiger partial charge in [0.25, 0.3) is 5.91 Å². The molecule has 1 aromatic heterocycles. The minimum absolute atomic E-state index is 0.0166. The average Bonchev–Trinajstić information content (AvgIpc) is 3.03. The highest BCUT2D eigenvalue weighted by Crippen LogP contribution is 2.22. The van der Waals surface area contributed by atoms with Gasteiger partial charge in [0.2, 0.25) is 0 Å². The zero-order chi connectivity index (χ0) is 18.4. The fourth-order valence-corrected chi connectivity index (χ4v) is 3.26. The topological polar surface area (TPSA) is 70.6 Å². The molecule has 138 valence electrons. The van der Waals surface area contributed by atoms with Crippen molar-refractivity contribution in [2.45, 2.75) is 6.04 Å². The standard InChI is InChI=1S/C19H25N5O2/c1-23(2)10-15-11-24(18-8-9-20-14-21-18)12-17(15)22-19(25)13-26-16-6-4-3-5-7-16/h3-9,14-15,17H,10-13H2,1-2H3,(H,22,25)/t15-,17-/m1/s1. The first-order valence-electron chi connectivity index (χ1n) is 8.74. The third kappa shape index (κ3) is 4.92. The van der Waals surface area contributed by atoms with E-state index in [0.29, 0.717) is 11.7 Å². The summed E-state index contributed by atoms with van der Waals surface area (Å²) in [4.78, 5) is 25.0. The number of anilines is 1. The van der Waals surface area contributed by atoms with Gasteiger partial charge in [-0.15, -0.1) is 0 Å². The van der Waals surface area contributed by atoms with Crippen LogP contribution in [-0.4, -0.2) is 67.2 Å². The normalized spacial score (nSPS) is 19.6. The lowest BCUT2D eigenvalue weighted by molar-refractivity contribution is -0.124. The average molecular weight is 355 g/mol. The molecule has 26 heavy (non-hydrogen) atoms. The molecule has 1 N–H and O–H groups in total. The Morgan fingerprint density at radius 2 is 2.08 bits per heavy atom. The van der Waals surface area contributed by atoms with Gasteiger partial charge >= 0.3 is 0 Å². The molecule has 1 amide bonds. The molecule has 1 aliphatic rings. The van der Waals surface area contributed by atoms with E-state index in [1.807, 2.05) is 50.5 Å². The molecule has 1 aliphatic heterocycles. The fourth-order valence-electron chi connectivity index (χ4n) is 3.26. The van der Waals surface area contributed by atoms with Gasteiger partial charge in [0.05, 0.1) is 6.04 Å². The van der Waals surface area contributed by atoms with Crippen molar-refractivity contribution in [2.24, 2.45) is 5.92 Å². The first kappa shape index (κ1) is 18.1. The van der Waals surface area contributed by atoms with Gasteiger partial charge in [0.1, 0.15) is 17.9 Å². The van der Waals surface area contributed by atoms with Crippen LogP contribution in [0.2, 0.25) is 0 Å². The molecule has 0 spiro atoms. The summed E-state index contributed by atoms with van der Waals surface area (Å²) < 4.78 is 5.55. The summed E-state index contributed by atoms with van der Waals surface area (Å²) in [6.45, 7) is 2.49. The molecule has 7 heteroatoms. The summed E-state index contributed by atoms with van der Waals surface area (Å²) in [7, 11) is 4.09. The zero-order valence-electron chi connectivity index (χ0n) is 15.2. The van der Waals surface area contributed by atoms with E-state index in [-0.39, 0.29) is 18.6 Å². The molecular weight excluding hydrogens is 330 g/mol. The van der Waals surface area contributed by atoms with Gasteiger partial charge < -0.3 is 19.9 Å². The highest BCUT2D eigenvalue weighted by Gasteiger charge is 2.34. The summed E-state index contributed by atoms with van der Waals surface area (Å²) in [5.74, 6) is 1.80. The number of carbonyl (C=O) groups is 1. The number of para-hydroxylation sites is 1. The van der Waals surface area contributed by atoms with Gasteiger partial charge in [-0.2, -0.15) is 0 Å². The highest BCUT2D eigenvalue weighted by molar-refractivity contribution is 5.78. The summed E-state index contributed by atoms with van der Waals surface area (Å²) in [6, 6.07) is 11.3. The molecule has 0 radical (unpaired) electrons. The van der Waals surface area contributed by atoms with Gasteiger partial charge in [-0.05, 0) is 32.3 Å². The van der Waals surface area contributed by atoms with Gasteiger partial charge in [0.15, 0.2) is 6.61 Å². The number of aromatic nitrogens is 2. The molecule has 0 saturated carbocycles. The largest absolute Gasteiger partial charge is 0.484 e. The molecular formula is C19H25N5O2. The summed E-state index contributed by atoms with van der Waals surface area (Å²) in [6.07, 6.45) is 3.29. The molecule has 2 aromatic rings. The molecule has 2 atom stereocenters. The maximum atomic E-state index is 12.4. The number of hydrogen-bond acceptors (Lipinski definition) is 6. The van der Waals surface area contributed by atoms with Gasteiger partial charge in [-0.1, -0.05) is 18.2 Å². The smallest absolute Gasteiger partial charge is 0.258 e. The third-order valence-corrected chi connectivity index (χ3v) is 4.39. The Kier molecular flexibility index (Phi) is 6.01. The minimum Gasteiger partial charge on any atom is -0.484 e. The lowest BCUT2D eigenvalue weighted by Crippen LogP contribution is -2.45.